The van der Waals surface area contributed by atoms with Gasteiger partial charge in [-0.2, -0.15) is 0 Å². The minimum absolute atomic E-state index is 0.0801. The lowest BCUT2D eigenvalue weighted by Crippen LogP contribution is -2.17. The highest BCUT2D eigenvalue weighted by atomic mass is 32.2. The zero-order chi connectivity index (χ0) is 25.2. The predicted octanol–water partition coefficient (Wildman–Crippen LogP) is 4.89. The number of imidazole rings is 1. The number of nitrogens with zero attached hydrogens (tertiary/aromatic N) is 2. The molecule has 7 nitrogen and oxygen atoms in total. The molecule has 0 aliphatic heterocycles. The van der Waals surface area contributed by atoms with E-state index in [2.05, 4.69) is 9.72 Å². The number of methoxy groups -OCH3 is 1. The van der Waals surface area contributed by atoms with Crippen molar-refractivity contribution in [1.29, 1.82) is 0 Å². The molecule has 4 aromatic rings. The van der Waals surface area contributed by atoms with Crippen LogP contribution in [-0.2, 0) is 16.3 Å². The largest absolute Gasteiger partial charge is 0.573 e. The van der Waals surface area contributed by atoms with Crippen LogP contribution >= 0.6 is 0 Å². The Morgan fingerprint density at radius 3 is 2.49 bits per heavy atom. The zero-order valence-electron chi connectivity index (χ0n) is 18.3. The molecule has 0 saturated carbocycles. The zero-order valence-corrected chi connectivity index (χ0v) is 19.1. The fraction of sp³-hybridized carbons (Fsp3) is 0.167. The Balaban J connectivity index is 1.50. The summed E-state index contributed by atoms with van der Waals surface area (Å²) in [5.74, 6) is -0.881. The van der Waals surface area contributed by atoms with E-state index in [4.69, 9.17) is 4.74 Å². The van der Waals surface area contributed by atoms with Gasteiger partial charge in [0, 0.05) is 36.6 Å². The molecule has 0 saturated heterocycles. The molecule has 0 fully saturated rings. The van der Waals surface area contributed by atoms with Crippen LogP contribution in [0, 0.1) is 0 Å². The highest BCUT2D eigenvalue weighted by Gasteiger charge is 2.32. The first-order chi connectivity index (χ1) is 16.6. The number of ether oxygens (including phenoxy) is 2. The van der Waals surface area contributed by atoms with Crippen LogP contribution in [0.2, 0.25) is 0 Å². The summed E-state index contributed by atoms with van der Waals surface area (Å²) in [5.41, 5.74) is 1.98. The Bertz CT molecular complexity index is 1480. The second-order valence-corrected chi connectivity index (χ2v) is 9.46. The van der Waals surface area contributed by atoms with E-state index < -0.39 is 26.8 Å². The lowest BCUT2D eigenvalue weighted by atomic mass is 10.0. The molecule has 35 heavy (non-hydrogen) atoms. The topological polar surface area (TPSA) is 87.0 Å². The second-order valence-electron chi connectivity index (χ2n) is 7.54. The van der Waals surface area contributed by atoms with Crippen molar-refractivity contribution in [2.75, 3.05) is 7.11 Å². The number of sulfone groups is 1. The van der Waals surface area contributed by atoms with E-state index in [1.807, 2.05) is 0 Å². The third kappa shape index (κ3) is 5.46. The molecule has 0 spiro atoms. The van der Waals surface area contributed by atoms with Crippen LogP contribution in [0.5, 0.6) is 11.5 Å². The highest BCUT2D eigenvalue weighted by molar-refractivity contribution is 7.91. The number of aromatic nitrogens is 2. The molecular weight excluding hydrogens is 485 g/mol. The Morgan fingerprint density at radius 1 is 1.06 bits per heavy atom. The van der Waals surface area contributed by atoms with Gasteiger partial charge in [-0.1, -0.05) is 12.1 Å². The summed E-state index contributed by atoms with van der Waals surface area (Å²) in [4.78, 5) is 16.1. The van der Waals surface area contributed by atoms with Gasteiger partial charge in [0.1, 0.15) is 22.0 Å². The molecule has 182 valence electrons. The van der Waals surface area contributed by atoms with E-state index in [-0.39, 0.29) is 22.8 Å². The number of halogens is 3. The third-order valence-corrected chi connectivity index (χ3v) is 7.03. The molecule has 2 heterocycles. The first-order valence-electron chi connectivity index (χ1n) is 10.3. The van der Waals surface area contributed by atoms with E-state index in [1.54, 1.807) is 47.3 Å². The minimum Gasteiger partial charge on any atom is -0.495 e. The number of hydrogen-bond donors (Lipinski definition) is 0. The molecule has 0 amide bonds. The van der Waals surface area contributed by atoms with Crippen LogP contribution in [0.3, 0.4) is 0 Å². The number of alkyl halides is 3. The van der Waals surface area contributed by atoms with Gasteiger partial charge < -0.3 is 13.9 Å². The van der Waals surface area contributed by atoms with Gasteiger partial charge >= 0.3 is 6.36 Å². The van der Waals surface area contributed by atoms with Gasteiger partial charge in [0.15, 0.2) is 5.78 Å². The van der Waals surface area contributed by atoms with Gasteiger partial charge in [0.25, 0.3) is 0 Å². The number of ketones is 1. The van der Waals surface area contributed by atoms with Crippen LogP contribution < -0.4 is 9.47 Å². The summed E-state index contributed by atoms with van der Waals surface area (Å²) in [6.45, 7) is 0. The van der Waals surface area contributed by atoms with Crippen LogP contribution in [-0.4, -0.2) is 37.1 Å². The monoisotopic (exact) mass is 504 g/mol. The fourth-order valence-electron chi connectivity index (χ4n) is 3.51. The molecule has 2 aromatic carbocycles. The van der Waals surface area contributed by atoms with Gasteiger partial charge in [-0.05, 0) is 48.4 Å². The summed E-state index contributed by atoms with van der Waals surface area (Å²) in [6, 6.07) is 12.1. The van der Waals surface area contributed by atoms with E-state index in [1.165, 1.54) is 19.2 Å². The van der Waals surface area contributed by atoms with Gasteiger partial charge in [-0.25, -0.2) is 13.4 Å². The lowest BCUT2D eigenvalue weighted by Gasteiger charge is -2.14. The van der Waals surface area contributed by atoms with Crippen molar-refractivity contribution in [3.63, 3.8) is 0 Å². The molecule has 0 atom stereocenters. The van der Waals surface area contributed by atoms with Crippen molar-refractivity contribution < 1.29 is 35.9 Å². The van der Waals surface area contributed by atoms with Gasteiger partial charge in [0.05, 0.1) is 12.0 Å². The van der Waals surface area contributed by atoms with E-state index in [9.17, 15) is 26.4 Å². The van der Waals surface area contributed by atoms with Crippen LogP contribution in [0.4, 0.5) is 13.2 Å². The number of rotatable bonds is 8. The average molecular weight is 504 g/mol. The summed E-state index contributed by atoms with van der Waals surface area (Å²) in [6.07, 6.45) is 0.680. The molecule has 0 bridgehead atoms. The van der Waals surface area contributed by atoms with Crippen molar-refractivity contribution in [3.8, 4) is 11.5 Å². The van der Waals surface area contributed by atoms with Crippen molar-refractivity contribution in [1.82, 2.24) is 9.38 Å². The van der Waals surface area contributed by atoms with E-state index in [0.717, 1.165) is 29.4 Å². The third-order valence-electron chi connectivity index (χ3n) is 5.24. The number of pyridine rings is 1. The van der Waals surface area contributed by atoms with Crippen LogP contribution in [0.25, 0.3) is 5.65 Å². The number of fused-ring (bicyclic) bond motifs is 1. The fourth-order valence-corrected chi connectivity index (χ4v) is 4.95. The smallest absolute Gasteiger partial charge is 0.495 e. The van der Waals surface area contributed by atoms with E-state index >= 15 is 0 Å². The SMILES string of the molecule is COc1ccc(OC(F)(F)F)cc1S(=O)(=O)c1ccc(CCC(=O)c2ccc3nccn3c2)cc1. The first-order valence-corrected chi connectivity index (χ1v) is 11.8. The van der Waals surface area contributed by atoms with E-state index in [0.29, 0.717) is 12.0 Å². The number of Topliss-reactive ketones (excluding diaryl/α,β-unsaturated/α-hetero) is 1. The minimum atomic E-state index is -4.97. The van der Waals surface area contributed by atoms with Gasteiger partial charge in [0.2, 0.25) is 9.84 Å². The maximum Gasteiger partial charge on any atom is 0.573 e. The molecular formula is C24H19F3N2O5S. The summed E-state index contributed by atoms with van der Waals surface area (Å²) in [5, 5.41) is 0. The highest BCUT2D eigenvalue weighted by Crippen LogP contribution is 2.34. The average Bonchev–Trinajstić information content (AvgIpc) is 3.30. The second kappa shape index (κ2) is 9.41. The van der Waals surface area contributed by atoms with Crippen LogP contribution in [0.15, 0.2) is 83.0 Å². The standard InChI is InChI=1S/C24H19F3N2O5S/c1-33-21-10-6-18(34-24(25,26)27)14-22(21)35(31,32)19-7-2-16(3-8-19)4-9-20(30)17-5-11-23-28-12-13-29(23)15-17/h2-3,5-8,10-15H,4,9H2,1H3. The van der Waals surface area contributed by atoms with Crippen molar-refractivity contribution >= 4 is 21.3 Å². The Hall–Kier alpha value is -3.86. The normalized spacial score (nSPS) is 12.0. The Morgan fingerprint density at radius 2 is 1.80 bits per heavy atom. The maximum atomic E-state index is 13.1. The Labute approximate surface area is 198 Å². The molecule has 0 N–H and O–H groups in total. The molecule has 2 aromatic heterocycles. The predicted molar refractivity (Wildman–Crippen MR) is 119 cm³/mol. The number of carbonyl (C=O) groups is 1. The van der Waals surface area contributed by atoms with Crippen molar-refractivity contribution in [2.45, 2.75) is 29.0 Å². The van der Waals surface area contributed by atoms with Gasteiger partial charge in [-0.3, -0.25) is 4.79 Å². The van der Waals surface area contributed by atoms with Crippen LogP contribution in [0.1, 0.15) is 22.3 Å². The molecule has 0 aliphatic carbocycles. The quantitative estimate of drug-likeness (QED) is 0.318. The molecule has 0 unspecified atom stereocenters. The molecule has 4 rings (SSSR count). The number of carbonyl (C=O) groups excluding carboxylic acids is 1. The summed E-state index contributed by atoms with van der Waals surface area (Å²) in [7, 11) is -3.00. The molecule has 0 aliphatic rings. The Kier molecular flexibility index (Phi) is 6.53. The molecule has 0 radical (unpaired) electrons. The number of aryl methyl sites for hydroxylation is 1. The first kappa shape index (κ1) is 24.3. The van der Waals surface area contributed by atoms with Crippen molar-refractivity contribution in [3.05, 3.63) is 84.3 Å². The number of hydrogen-bond acceptors (Lipinski definition) is 6. The lowest BCUT2D eigenvalue weighted by molar-refractivity contribution is -0.274. The van der Waals surface area contributed by atoms with Crippen molar-refractivity contribution in [2.24, 2.45) is 0 Å². The maximum absolute atomic E-state index is 13.1. The van der Waals surface area contributed by atoms with Gasteiger partial charge in [-0.15, -0.1) is 13.2 Å². The molecule has 11 heteroatoms. The summed E-state index contributed by atoms with van der Waals surface area (Å²) < 4.78 is 74.6. The number of benzene rings is 2. The summed E-state index contributed by atoms with van der Waals surface area (Å²) >= 11 is 0.